The van der Waals surface area contributed by atoms with Crippen molar-refractivity contribution >= 4 is 34.7 Å². The number of benzene rings is 2. The fraction of sp³-hybridized carbons (Fsp3) is 0.227. The van der Waals surface area contributed by atoms with Gasteiger partial charge in [-0.05, 0) is 23.1 Å². The molecule has 0 atom stereocenters. The van der Waals surface area contributed by atoms with Gasteiger partial charge < -0.3 is 11.1 Å². The number of carbonyl (C=O) groups is 1. The molecule has 146 valence electrons. The number of hydrogen-bond acceptors (Lipinski definition) is 4. The number of fused-ring (bicyclic) bond motifs is 1. The third-order valence-electron chi connectivity index (χ3n) is 4.94. The minimum Gasteiger partial charge on any atom is -0.390 e. The molecule has 1 amide bonds. The number of hydrogen-bond donors (Lipinski definition) is 2. The minimum absolute atomic E-state index is 0. The molecule has 3 N–H and O–H groups in total. The van der Waals surface area contributed by atoms with E-state index in [-0.39, 0.29) is 18.3 Å². The molecule has 2 aromatic carbocycles. The summed E-state index contributed by atoms with van der Waals surface area (Å²) in [6.07, 6.45) is 0.865. The SMILES string of the molecule is Cl.Nc1sc2c(c1C(=O)NCc1ccccc1)CCN(Cc1ccccc1)C2. The molecule has 6 heteroatoms. The third-order valence-corrected chi connectivity index (χ3v) is 5.98. The van der Waals surface area contributed by atoms with E-state index in [2.05, 4.69) is 34.5 Å². The Morgan fingerprint density at radius 2 is 1.68 bits per heavy atom. The first-order chi connectivity index (χ1) is 13.2. The Morgan fingerprint density at radius 1 is 1.04 bits per heavy atom. The van der Waals surface area contributed by atoms with Crippen molar-refractivity contribution in [2.24, 2.45) is 0 Å². The zero-order chi connectivity index (χ0) is 18.6. The second-order valence-corrected chi connectivity index (χ2v) is 7.99. The Balaban J connectivity index is 0.00000225. The molecule has 0 fully saturated rings. The highest BCUT2D eigenvalue weighted by Crippen LogP contribution is 2.35. The molecule has 0 aliphatic carbocycles. The average Bonchev–Trinajstić information content (AvgIpc) is 3.03. The van der Waals surface area contributed by atoms with Crippen LogP contribution in [0, 0.1) is 0 Å². The van der Waals surface area contributed by atoms with Gasteiger partial charge >= 0.3 is 0 Å². The Kier molecular flexibility index (Phi) is 6.73. The summed E-state index contributed by atoms with van der Waals surface area (Å²) in [7, 11) is 0. The topological polar surface area (TPSA) is 58.4 Å². The van der Waals surface area contributed by atoms with Crippen LogP contribution in [-0.2, 0) is 26.1 Å². The van der Waals surface area contributed by atoms with Crippen molar-refractivity contribution in [1.29, 1.82) is 0 Å². The van der Waals surface area contributed by atoms with Gasteiger partial charge in [-0.1, -0.05) is 60.7 Å². The molecule has 28 heavy (non-hydrogen) atoms. The fourth-order valence-electron chi connectivity index (χ4n) is 3.57. The normalized spacial score (nSPS) is 13.4. The molecule has 0 saturated carbocycles. The highest BCUT2D eigenvalue weighted by molar-refractivity contribution is 7.16. The van der Waals surface area contributed by atoms with Gasteiger partial charge in [0, 0.05) is 31.1 Å². The lowest BCUT2D eigenvalue weighted by Crippen LogP contribution is -2.31. The lowest BCUT2D eigenvalue weighted by atomic mass is 10.0. The van der Waals surface area contributed by atoms with E-state index < -0.39 is 0 Å². The van der Waals surface area contributed by atoms with Crippen LogP contribution in [0.2, 0.25) is 0 Å². The first kappa shape index (κ1) is 20.4. The summed E-state index contributed by atoms with van der Waals surface area (Å²) >= 11 is 1.56. The van der Waals surface area contributed by atoms with Crippen LogP contribution in [0.1, 0.15) is 31.9 Å². The fourth-order valence-corrected chi connectivity index (χ4v) is 4.73. The average molecular weight is 414 g/mol. The van der Waals surface area contributed by atoms with Gasteiger partial charge in [0.1, 0.15) is 0 Å². The first-order valence-corrected chi connectivity index (χ1v) is 10.0. The summed E-state index contributed by atoms with van der Waals surface area (Å²) in [5.74, 6) is -0.0645. The number of carbonyl (C=O) groups excluding carboxylic acids is 1. The molecule has 1 aliphatic heterocycles. The van der Waals surface area contributed by atoms with Crippen LogP contribution in [0.25, 0.3) is 0 Å². The summed E-state index contributed by atoms with van der Waals surface area (Å²) in [5, 5.41) is 3.65. The van der Waals surface area contributed by atoms with Crippen molar-refractivity contribution in [3.8, 4) is 0 Å². The lowest BCUT2D eigenvalue weighted by molar-refractivity contribution is 0.0950. The van der Waals surface area contributed by atoms with Crippen molar-refractivity contribution in [3.63, 3.8) is 0 Å². The van der Waals surface area contributed by atoms with E-state index in [1.807, 2.05) is 36.4 Å². The number of nitrogens with zero attached hydrogens (tertiary/aromatic N) is 1. The van der Waals surface area contributed by atoms with E-state index in [1.165, 1.54) is 10.4 Å². The molecule has 2 heterocycles. The third kappa shape index (κ3) is 4.55. The molecule has 0 bridgehead atoms. The van der Waals surface area contributed by atoms with Gasteiger partial charge in [-0.2, -0.15) is 0 Å². The summed E-state index contributed by atoms with van der Waals surface area (Å²) in [5.41, 5.74) is 10.4. The molecule has 0 unspecified atom stereocenters. The van der Waals surface area contributed by atoms with Gasteiger partial charge in [0.05, 0.1) is 10.6 Å². The van der Waals surface area contributed by atoms with Gasteiger partial charge in [0.25, 0.3) is 5.91 Å². The number of anilines is 1. The predicted molar refractivity (Wildman–Crippen MR) is 118 cm³/mol. The number of nitrogen functional groups attached to an aromatic ring is 1. The van der Waals surface area contributed by atoms with Crippen LogP contribution in [0.4, 0.5) is 5.00 Å². The zero-order valence-corrected chi connectivity index (χ0v) is 17.2. The van der Waals surface area contributed by atoms with E-state index in [0.717, 1.165) is 37.2 Å². The summed E-state index contributed by atoms with van der Waals surface area (Å²) in [4.78, 5) is 16.4. The molecule has 0 saturated heterocycles. The highest BCUT2D eigenvalue weighted by atomic mass is 35.5. The molecule has 4 rings (SSSR count). The van der Waals surface area contributed by atoms with E-state index in [1.54, 1.807) is 11.3 Å². The van der Waals surface area contributed by atoms with Crippen LogP contribution < -0.4 is 11.1 Å². The Hall–Kier alpha value is -2.34. The van der Waals surface area contributed by atoms with Crippen molar-refractivity contribution in [1.82, 2.24) is 10.2 Å². The second kappa shape index (κ2) is 9.24. The van der Waals surface area contributed by atoms with Gasteiger partial charge in [0.2, 0.25) is 0 Å². The predicted octanol–water partition coefficient (Wildman–Crippen LogP) is 4.24. The highest BCUT2D eigenvalue weighted by Gasteiger charge is 2.26. The molecule has 0 radical (unpaired) electrons. The van der Waals surface area contributed by atoms with Crippen LogP contribution >= 0.6 is 23.7 Å². The van der Waals surface area contributed by atoms with Crippen LogP contribution in [0.5, 0.6) is 0 Å². The van der Waals surface area contributed by atoms with Crippen molar-refractivity contribution < 1.29 is 4.79 Å². The van der Waals surface area contributed by atoms with E-state index in [4.69, 9.17) is 5.73 Å². The van der Waals surface area contributed by atoms with Crippen molar-refractivity contribution in [3.05, 3.63) is 87.8 Å². The monoisotopic (exact) mass is 413 g/mol. The van der Waals surface area contributed by atoms with Gasteiger partial charge in [-0.3, -0.25) is 9.69 Å². The van der Waals surface area contributed by atoms with Crippen LogP contribution in [0.15, 0.2) is 60.7 Å². The van der Waals surface area contributed by atoms with Crippen LogP contribution in [0.3, 0.4) is 0 Å². The molecule has 1 aliphatic rings. The molecule has 3 aromatic rings. The largest absolute Gasteiger partial charge is 0.390 e. The quantitative estimate of drug-likeness (QED) is 0.657. The lowest BCUT2D eigenvalue weighted by Gasteiger charge is -2.27. The van der Waals surface area contributed by atoms with Crippen LogP contribution in [-0.4, -0.2) is 17.4 Å². The molecular weight excluding hydrogens is 390 g/mol. The number of amides is 1. The maximum Gasteiger partial charge on any atom is 0.254 e. The Morgan fingerprint density at radius 3 is 2.36 bits per heavy atom. The number of rotatable bonds is 5. The van der Waals surface area contributed by atoms with E-state index >= 15 is 0 Å². The smallest absolute Gasteiger partial charge is 0.254 e. The zero-order valence-electron chi connectivity index (χ0n) is 15.6. The van der Waals surface area contributed by atoms with Gasteiger partial charge in [-0.25, -0.2) is 0 Å². The molecule has 4 nitrogen and oxygen atoms in total. The summed E-state index contributed by atoms with van der Waals surface area (Å²) in [6, 6.07) is 20.4. The minimum atomic E-state index is -0.0645. The second-order valence-electron chi connectivity index (χ2n) is 6.86. The Bertz CT molecular complexity index is 928. The standard InChI is InChI=1S/C22H23N3OS.ClH/c23-21-20(22(26)24-13-16-7-3-1-4-8-16)18-11-12-25(15-19(18)27-21)14-17-9-5-2-6-10-17;/h1-10H,11-15,23H2,(H,24,26);1H. The summed E-state index contributed by atoms with van der Waals surface area (Å²) in [6.45, 7) is 3.24. The molecular formula is C22H24ClN3OS. The first-order valence-electron chi connectivity index (χ1n) is 9.19. The number of thiophene rings is 1. The Labute approximate surface area is 175 Å². The van der Waals surface area contributed by atoms with Crippen molar-refractivity contribution in [2.75, 3.05) is 12.3 Å². The van der Waals surface area contributed by atoms with E-state index in [9.17, 15) is 4.79 Å². The van der Waals surface area contributed by atoms with E-state index in [0.29, 0.717) is 17.1 Å². The molecule has 1 aromatic heterocycles. The van der Waals surface area contributed by atoms with Crippen molar-refractivity contribution in [2.45, 2.75) is 26.1 Å². The maximum absolute atomic E-state index is 12.7. The number of halogens is 1. The van der Waals surface area contributed by atoms with Gasteiger partial charge in [-0.15, -0.1) is 23.7 Å². The number of nitrogens with two attached hydrogens (primary N) is 1. The number of nitrogens with one attached hydrogen (secondary N) is 1. The molecule has 0 spiro atoms. The van der Waals surface area contributed by atoms with Gasteiger partial charge in [0.15, 0.2) is 0 Å². The maximum atomic E-state index is 12.7. The summed E-state index contributed by atoms with van der Waals surface area (Å²) < 4.78 is 0.